The van der Waals surface area contributed by atoms with Crippen LogP contribution in [0.25, 0.3) is 0 Å². The predicted octanol–water partition coefficient (Wildman–Crippen LogP) is 1.50. The maximum Gasteiger partial charge on any atom is 0.348 e. The predicted molar refractivity (Wildman–Crippen MR) is 80.4 cm³/mol. The molecule has 2 rings (SSSR count). The van der Waals surface area contributed by atoms with E-state index in [1.165, 1.54) is 20.3 Å². The van der Waals surface area contributed by atoms with Gasteiger partial charge in [-0.25, -0.2) is 0 Å². The number of hydrazone groups is 2. The van der Waals surface area contributed by atoms with Gasteiger partial charge in [0, 0.05) is 0 Å². The summed E-state index contributed by atoms with van der Waals surface area (Å²) in [6.45, 7) is 5.11. The fourth-order valence-corrected chi connectivity index (χ4v) is 2.32. The first-order chi connectivity index (χ1) is 10.2. The Kier molecular flexibility index (Phi) is 3.83. The van der Waals surface area contributed by atoms with Gasteiger partial charge in [-0.05, 0) is 39.0 Å². The molecule has 1 aromatic carbocycles. The first kappa shape index (κ1) is 15.8. The number of hydrazine groups is 1. The van der Waals surface area contributed by atoms with Crippen LogP contribution in [0.3, 0.4) is 0 Å². The Balaban J connectivity index is 2.54. The number of carbonyl (C=O) groups is 1. The molecule has 7 heteroatoms. The van der Waals surface area contributed by atoms with Crippen molar-refractivity contribution in [2.24, 2.45) is 5.41 Å². The molecule has 0 fully saturated rings. The fourth-order valence-electron chi connectivity index (χ4n) is 2.32. The maximum atomic E-state index is 12.5. The first-order valence-corrected chi connectivity index (χ1v) is 6.68. The molecule has 1 aliphatic heterocycles. The molecule has 0 aromatic heterocycles. The Labute approximate surface area is 128 Å². The monoisotopic (exact) mass is 306 g/mol. The largest absolute Gasteiger partial charge is 0.561 e. The van der Waals surface area contributed by atoms with Crippen molar-refractivity contribution in [1.82, 2.24) is 0 Å². The van der Waals surface area contributed by atoms with Crippen LogP contribution in [0.4, 0.5) is 0 Å². The summed E-state index contributed by atoms with van der Waals surface area (Å²) in [7, 11) is 2.93. The molecule has 7 nitrogen and oxygen atoms in total. The lowest BCUT2D eigenvalue weighted by Gasteiger charge is -2.11. The van der Waals surface area contributed by atoms with E-state index >= 15 is 0 Å². The van der Waals surface area contributed by atoms with Crippen molar-refractivity contribution < 1.29 is 24.0 Å². The third-order valence-electron chi connectivity index (χ3n) is 3.35. The van der Waals surface area contributed by atoms with Gasteiger partial charge in [-0.1, -0.05) is 0 Å². The van der Waals surface area contributed by atoms with Gasteiger partial charge >= 0.3 is 17.2 Å². The van der Waals surface area contributed by atoms with Crippen molar-refractivity contribution in [3.05, 3.63) is 34.2 Å². The maximum absolute atomic E-state index is 12.5. The van der Waals surface area contributed by atoms with Gasteiger partial charge in [0.05, 0.1) is 34.9 Å². The number of carbonyl (C=O) groups excluding carboxylic acids is 1. The zero-order valence-corrected chi connectivity index (χ0v) is 13.2. The second kappa shape index (κ2) is 5.32. The van der Waals surface area contributed by atoms with Gasteiger partial charge in [0.25, 0.3) is 0 Å². The minimum Gasteiger partial charge on any atom is -0.561 e. The number of ketones is 1. The third-order valence-corrected chi connectivity index (χ3v) is 3.35. The molecule has 1 heterocycles. The van der Waals surface area contributed by atoms with E-state index in [4.69, 9.17) is 9.47 Å². The minimum atomic E-state index is -0.736. The molecule has 0 spiro atoms. The topological polar surface area (TPSA) is 87.7 Å². The second-order valence-electron chi connectivity index (χ2n) is 5.89. The van der Waals surface area contributed by atoms with Gasteiger partial charge in [-0.15, -0.1) is 0 Å². The highest BCUT2D eigenvalue weighted by Gasteiger charge is 2.50. The SMILES string of the molecule is COc1ccc(C2=[N+]([O-])[N+]([O-])=C(C(C)(C)C)C2=O)cc1OC. The Morgan fingerprint density at radius 2 is 1.59 bits per heavy atom. The smallest absolute Gasteiger partial charge is 0.348 e. The van der Waals surface area contributed by atoms with Gasteiger partial charge in [0.1, 0.15) is 0 Å². The Morgan fingerprint density at radius 1 is 1.00 bits per heavy atom. The summed E-state index contributed by atoms with van der Waals surface area (Å²) >= 11 is 0. The van der Waals surface area contributed by atoms with E-state index in [0.717, 1.165) is 0 Å². The van der Waals surface area contributed by atoms with Gasteiger partial charge in [0.15, 0.2) is 11.5 Å². The van der Waals surface area contributed by atoms with E-state index in [-0.39, 0.29) is 21.1 Å². The normalized spacial score (nSPS) is 15.6. The summed E-state index contributed by atoms with van der Waals surface area (Å²) in [6, 6.07) is 4.61. The highest BCUT2D eigenvalue weighted by atomic mass is 16.7. The van der Waals surface area contributed by atoms with Crippen LogP contribution in [0, 0.1) is 15.8 Å². The lowest BCUT2D eigenvalue weighted by Crippen LogP contribution is -2.34. The fraction of sp³-hybridized carbons (Fsp3) is 0.400. The van der Waals surface area contributed by atoms with E-state index < -0.39 is 11.2 Å². The molecule has 118 valence electrons. The molecule has 0 amide bonds. The van der Waals surface area contributed by atoms with Crippen molar-refractivity contribution in [1.29, 1.82) is 0 Å². The molecular formula is C15H18N2O5. The van der Waals surface area contributed by atoms with Crippen LogP contribution >= 0.6 is 0 Å². The number of methoxy groups -OCH3 is 2. The number of nitrogens with zero attached hydrogens (tertiary/aromatic N) is 2. The van der Waals surface area contributed by atoms with Gasteiger partial charge in [-0.3, -0.25) is 4.79 Å². The van der Waals surface area contributed by atoms with E-state index in [0.29, 0.717) is 17.1 Å². The molecule has 0 saturated heterocycles. The lowest BCUT2D eigenvalue weighted by atomic mass is 9.85. The number of benzene rings is 1. The summed E-state index contributed by atoms with van der Waals surface area (Å²) in [4.78, 5) is 12.7. The zero-order valence-electron chi connectivity index (χ0n) is 13.2. The Hall–Kier alpha value is -2.57. The molecular weight excluding hydrogens is 288 g/mol. The van der Waals surface area contributed by atoms with Crippen molar-refractivity contribution in [2.45, 2.75) is 20.8 Å². The van der Waals surface area contributed by atoms with Gasteiger partial charge < -0.3 is 19.9 Å². The molecule has 0 saturated carbocycles. The molecule has 1 aliphatic rings. The summed E-state index contributed by atoms with van der Waals surface area (Å²) in [6.07, 6.45) is 0. The summed E-state index contributed by atoms with van der Waals surface area (Å²) in [5.41, 5.74) is -0.745. The summed E-state index contributed by atoms with van der Waals surface area (Å²) in [5, 5.41) is 24.1. The number of rotatable bonds is 3. The quantitative estimate of drug-likeness (QED) is 0.624. The molecule has 0 radical (unpaired) electrons. The van der Waals surface area contributed by atoms with Crippen LogP contribution in [0.1, 0.15) is 26.3 Å². The van der Waals surface area contributed by atoms with E-state index in [1.807, 2.05) is 0 Å². The summed E-state index contributed by atoms with van der Waals surface area (Å²) in [5.74, 6) is 0.258. The van der Waals surface area contributed by atoms with Crippen molar-refractivity contribution in [3.63, 3.8) is 0 Å². The molecule has 0 unspecified atom stereocenters. The highest BCUT2D eigenvalue weighted by Crippen LogP contribution is 2.29. The van der Waals surface area contributed by atoms with Crippen LogP contribution in [0.2, 0.25) is 0 Å². The number of hydrogen-bond donors (Lipinski definition) is 0. The van der Waals surface area contributed by atoms with E-state index in [2.05, 4.69) is 0 Å². The van der Waals surface area contributed by atoms with Crippen LogP contribution in [-0.2, 0) is 4.79 Å². The molecule has 0 bridgehead atoms. The second-order valence-corrected chi connectivity index (χ2v) is 5.89. The van der Waals surface area contributed by atoms with E-state index in [9.17, 15) is 15.2 Å². The van der Waals surface area contributed by atoms with Gasteiger partial charge in [-0.2, -0.15) is 0 Å². The first-order valence-electron chi connectivity index (χ1n) is 6.68. The molecule has 0 atom stereocenters. The number of ether oxygens (including phenoxy) is 2. The lowest BCUT2D eigenvalue weighted by molar-refractivity contribution is -1.05. The van der Waals surface area contributed by atoms with E-state index in [1.54, 1.807) is 32.9 Å². The number of Topliss-reactive ketones (excluding diaryl/α,β-unsaturated/α-hetero) is 1. The Bertz CT molecular complexity index is 698. The number of hydrogen-bond acceptors (Lipinski definition) is 5. The van der Waals surface area contributed by atoms with Crippen LogP contribution in [0.15, 0.2) is 18.2 Å². The average Bonchev–Trinajstić information content (AvgIpc) is 2.68. The van der Waals surface area contributed by atoms with Crippen LogP contribution < -0.4 is 9.47 Å². The highest BCUT2D eigenvalue weighted by molar-refractivity contribution is 6.68. The summed E-state index contributed by atoms with van der Waals surface area (Å²) < 4.78 is 10.3. The zero-order chi connectivity index (χ0) is 16.7. The van der Waals surface area contributed by atoms with Crippen LogP contribution in [-0.4, -0.2) is 41.1 Å². The molecule has 0 aliphatic carbocycles. The molecule has 1 aromatic rings. The standard InChI is InChI=1S/C15H18N2O5/c1-15(2,3)14-13(18)12(16(19)17(14)20)9-6-7-10(21-4)11(8-9)22-5/h6-8H,1-5H3. The third kappa shape index (κ3) is 2.38. The average molecular weight is 306 g/mol. The van der Waals surface area contributed by atoms with Crippen molar-refractivity contribution in [2.75, 3.05) is 14.2 Å². The van der Waals surface area contributed by atoms with Crippen molar-refractivity contribution >= 4 is 17.2 Å². The molecule has 22 heavy (non-hydrogen) atoms. The van der Waals surface area contributed by atoms with Crippen LogP contribution in [0.5, 0.6) is 11.5 Å². The van der Waals surface area contributed by atoms with Crippen molar-refractivity contribution in [3.8, 4) is 11.5 Å². The molecule has 0 N–H and O–H groups in total. The minimum absolute atomic E-state index is 0.0736. The van der Waals surface area contributed by atoms with Gasteiger partial charge in [0.2, 0.25) is 0 Å². The Morgan fingerprint density at radius 3 is 2.05 bits per heavy atom.